The van der Waals surface area contributed by atoms with Crippen LogP contribution in [-0.2, 0) is 6.42 Å². The minimum absolute atomic E-state index is 0.994. The molecule has 1 aromatic carbocycles. The lowest BCUT2D eigenvalue weighted by atomic mass is 10.0. The van der Waals surface area contributed by atoms with Gasteiger partial charge in [-0.15, -0.1) is 0 Å². The van der Waals surface area contributed by atoms with Gasteiger partial charge in [0.2, 0.25) is 0 Å². The van der Waals surface area contributed by atoms with Gasteiger partial charge in [-0.2, -0.15) is 5.53 Å². The van der Waals surface area contributed by atoms with Gasteiger partial charge in [0.15, 0.2) is 0 Å². The van der Waals surface area contributed by atoms with Gasteiger partial charge >= 0.3 is 0 Å². The minimum atomic E-state index is 0.994. The lowest BCUT2D eigenvalue weighted by molar-refractivity contribution is 0.601. The van der Waals surface area contributed by atoms with Gasteiger partial charge < -0.3 is 0 Å². The predicted molar refractivity (Wildman–Crippen MR) is 49.4 cm³/mol. The van der Waals surface area contributed by atoms with Crippen molar-refractivity contribution >= 4 is 5.69 Å². The first kappa shape index (κ1) is 7.58. The fourth-order valence-electron chi connectivity index (χ4n) is 1.67. The highest BCUT2D eigenvalue weighted by molar-refractivity contribution is 5.54. The van der Waals surface area contributed by atoms with E-state index in [2.05, 4.69) is 23.7 Å². The van der Waals surface area contributed by atoms with E-state index in [1.54, 1.807) is 0 Å². The zero-order valence-electron chi connectivity index (χ0n) is 6.96. The summed E-state index contributed by atoms with van der Waals surface area (Å²) >= 11 is 0. The molecule has 0 aromatic heterocycles. The molecule has 0 fully saturated rings. The van der Waals surface area contributed by atoms with Crippen LogP contribution in [0.3, 0.4) is 0 Å². The standard InChI is InChI=1S/C9H13N3/c10-11-12-7-3-5-8-4-1-2-6-9(8)12/h1-2,4,6,11H,3,5,7,10H2. The Labute approximate surface area is 72.1 Å². The Hall–Kier alpha value is -1.06. The number of nitrogens with one attached hydrogen (secondary N) is 1. The van der Waals surface area contributed by atoms with Crippen molar-refractivity contribution < 1.29 is 0 Å². The van der Waals surface area contributed by atoms with E-state index in [-0.39, 0.29) is 0 Å². The molecule has 0 saturated heterocycles. The summed E-state index contributed by atoms with van der Waals surface area (Å²) < 4.78 is 0. The first-order valence-corrected chi connectivity index (χ1v) is 4.23. The third-order valence-corrected chi connectivity index (χ3v) is 2.27. The SMILES string of the molecule is NNN1CCCc2ccccc21. The van der Waals surface area contributed by atoms with Gasteiger partial charge in [0.05, 0.1) is 5.69 Å². The maximum absolute atomic E-state index is 5.39. The maximum atomic E-state index is 5.39. The maximum Gasteiger partial charge on any atom is 0.0565 e. The van der Waals surface area contributed by atoms with E-state index in [1.807, 2.05) is 11.1 Å². The van der Waals surface area contributed by atoms with Gasteiger partial charge in [-0.05, 0) is 24.5 Å². The van der Waals surface area contributed by atoms with Crippen LogP contribution in [0.1, 0.15) is 12.0 Å². The van der Waals surface area contributed by atoms with E-state index in [1.165, 1.54) is 17.7 Å². The Balaban J connectivity index is 2.37. The lowest BCUT2D eigenvalue weighted by Crippen LogP contribution is -2.45. The summed E-state index contributed by atoms with van der Waals surface area (Å²) in [6.07, 6.45) is 2.33. The molecule has 0 aliphatic carbocycles. The Bertz CT molecular complexity index is 272. The number of para-hydroxylation sites is 1. The van der Waals surface area contributed by atoms with E-state index in [9.17, 15) is 0 Å². The molecule has 3 nitrogen and oxygen atoms in total. The largest absolute Gasteiger partial charge is 0.295 e. The van der Waals surface area contributed by atoms with Crippen LogP contribution < -0.4 is 16.4 Å². The van der Waals surface area contributed by atoms with Crippen LogP contribution in [0.25, 0.3) is 0 Å². The average Bonchev–Trinajstić information content (AvgIpc) is 2.17. The molecule has 1 heterocycles. The van der Waals surface area contributed by atoms with Crippen molar-refractivity contribution in [2.45, 2.75) is 12.8 Å². The summed E-state index contributed by atoms with van der Waals surface area (Å²) in [6, 6.07) is 8.35. The fraction of sp³-hybridized carbons (Fsp3) is 0.333. The summed E-state index contributed by atoms with van der Waals surface area (Å²) in [6.45, 7) is 0.994. The van der Waals surface area contributed by atoms with Gasteiger partial charge in [0.25, 0.3) is 0 Å². The molecule has 0 unspecified atom stereocenters. The van der Waals surface area contributed by atoms with Gasteiger partial charge in [0.1, 0.15) is 0 Å². The molecule has 0 radical (unpaired) electrons. The normalized spacial score (nSPS) is 15.9. The highest BCUT2D eigenvalue weighted by Gasteiger charge is 2.13. The van der Waals surface area contributed by atoms with Gasteiger partial charge in [-0.1, -0.05) is 18.2 Å². The predicted octanol–water partition coefficient (Wildman–Crippen LogP) is 0.817. The molecule has 2 rings (SSSR count). The van der Waals surface area contributed by atoms with E-state index >= 15 is 0 Å². The van der Waals surface area contributed by atoms with Gasteiger partial charge in [-0.25, -0.2) is 0 Å². The summed E-state index contributed by atoms with van der Waals surface area (Å²) in [5.41, 5.74) is 5.28. The molecule has 0 saturated carbocycles. The van der Waals surface area contributed by atoms with Crippen molar-refractivity contribution in [2.24, 2.45) is 5.84 Å². The molecule has 0 atom stereocenters. The van der Waals surface area contributed by atoms with Crippen LogP contribution in [0.15, 0.2) is 24.3 Å². The summed E-state index contributed by atoms with van der Waals surface area (Å²) in [7, 11) is 0. The molecular formula is C9H13N3. The molecule has 1 aliphatic heterocycles. The molecule has 1 aromatic rings. The van der Waals surface area contributed by atoms with Crippen LogP contribution in [0.4, 0.5) is 5.69 Å². The number of rotatable bonds is 1. The molecule has 3 heteroatoms. The van der Waals surface area contributed by atoms with E-state index in [0.717, 1.165) is 13.0 Å². The van der Waals surface area contributed by atoms with E-state index in [0.29, 0.717) is 0 Å². The first-order chi connectivity index (χ1) is 5.92. The molecule has 64 valence electrons. The highest BCUT2D eigenvalue weighted by Crippen LogP contribution is 2.24. The van der Waals surface area contributed by atoms with Crippen LogP contribution >= 0.6 is 0 Å². The number of fused-ring (bicyclic) bond motifs is 1. The van der Waals surface area contributed by atoms with Crippen LogP contribution in [0, 0.1) is 0 Å². The quantitative estimate of drug-likeness (QED) is 0.475. The molecule has 0 spiro atoms. The zero-order chi connectivity index (χ0) is 8.39. The summed E-state index contributed by atoms with van der Waals surface area (Å²) in [5, 5.41) is 1.98. The van der Waals surface area contributed by atoms with Gasteiger partial charge in [0, 0.05) is 6.54 Å². The van der Waals surface area contributed by atoms with Crippen LogP contribution in [0.2, 0.25) is 0 Å². The van der Waals surface area contributed by atoms with Crippen molar-refractivity contribution in [1.29, 1.82) is 0 Å². The second-order valence-electron chi connectivity index (χ2n) is 3.01. The van der Waals surface area contributed by atoms with E-state index in [4.69, 9.17) is 5.84 Å². The second kappa shape index (κ2) is 3.13. The van der Waals surface area contributed by atoms with Crippen LogP contribution in [-0.4, -0.2) is 6.54 Å². The fourth-order valence-corrected chi connectivity index (χ4v) is 1.67. The molecule has 0 amide bonds. The number of nitrogens with zero attached hydrogens (tertiary/aromatic N) is 1. The smallest absolute Gasteiger partial charge is 0.0565 e. The third kappa shape index (κ3) is 1.17. The van der Waals surface area contributed by atoms with Crippen molar-refractivity contribution in [3.63, 3.8) is 0 Å². The molecule has 12 heavy (non-hydrogen) atoms. The summed E-state index contributed by atoms with van der Waals surface area (Å²) in [4.78, 5) is 0. The monoisotopic (exact) mass is 163 g/mol. The Morgan fingerprint density at radius 3 is 3.00 bits per heavy atom. The average molecular weight is 163 g/mol. The van der Waals surface area contributed by atoms with Crippen molar-refractivity contribution in [1.82, 2.24) is 5.53 Å². The Morgan fingerprint density at radius 2 is 2.17 bits per heavy atom. The molecule has 3 N–H and O–H groups in total. The number of hydrazine groups is 2. The lowest BCUT2D eigenvalue weighted by Gasteiger charge is -2.29. The topological polar surface area (TPSA) is 41.3 Å². The number of nitrogens with two attached hydrogens (primary N) is 1. The Morgan fingerprint density at radius 1 is 1.33 bits per heavy atom. The third-order valence-electron chi connectivity index (χ3n) is 2.27. The zero-order valence-corrected chi connectivity index (χ0v) is 6.96. The molecule has 1 aliphatic rings. The molecule has 0 bridgehead atoms. The van der Waals surface area contributed by atoms with Gasteiger partial charge in [-0.3, -0.25) is 10.9 Å². The van der Waals surface area contributed by atoms with Crippen molar-refractivity contribution in [3.05, 3.63) is 29.8 Å². The number of hydrogen-bond donors (Lipinski definition) is 2. The number of aryl methyl sites for hydroxylation is 1. The number of benzene rings is 1. The second-order valence-corrected chi connectivity index (χ2v) is 3.01. The van der Waals surface area contributed by atoms with E-state index < -0.39 is 0 Å². The number of hydrogen-bond acceptors (Lipinski definition) is 3. The summed E-state index contributed by atoms with van der Waals surface area (Å²) in [5.74, 6) is 5.39. The number of anilines is 1. The van der Waals surface area contributed by atoms with Crippen LogP contribution in [0.5, 0.6) is 0 Å². The minimum Gasteiger partial charge on any atom is -0.295 e. The first-order valence-electron chi connectivity index (χ1n) is 4.23. The Kier molecular flexibility index (Phi) is 1.98. The highest BCUT2D eigenvalue weighted by atomic mass is 15.6. The van der Waals surface area contributed by atoms with Crippen molar-refractivity contribution in [2.75, 3.05) is 11.6 Å². The molecular weight excluding hydrogens is 150 g/mol. The van der Waals surface area contributed by atoms with Crippen molar-refractivity contribution in [3.8, 4) is 0 Å².